The average molecular weight is 354 g/mol. The van der Waals surface area contributed by atoms with Gasteiger partial charge in [-0.05, 0) is 21.5 Å². The molecule has 0 aliphatic carbocycles. The van der Waals surface area contributed by atoms with Gasteiger partial charge in [0.15, 0.2) is 0 Å². The summed E-state index contributed by atoms with van der Waals surface area (Å²) in [6.07, 6.45) is 0. The molecule has 0 saturated heterocycles. The predicted octanol–water partition coefficient (Wildman–Crippen LogP) is 3.03. The number of benzene rings is 1. The van der Waals surface area contributed by atoms with Crippen molar-refractivity contribution in [3.05, 3.63) is 50.1 Å². The number of rotatable bonds is 4. The molecule has 0 heterocycles. The van der Waals surface area contributed by atoms with Gasteiger partial charge in [0.05, 0.1) is 4.92 Å². The fourth-order valence-electron chi connectivity index (χ4n) is 1.05. The second-order valence-electron chi connectivity index (χ2n) is 2.91. The van der Waals surface area contributed by atoms with Crippen LogP contribution in [0, 0.1) is 20.2 Å². The quantitative estimate of drug-likeness (QED) is 0.360. The van der Waals surface area contributed by atoms with Crippen molar-refractivity contribution in [1.29, 1.82) is 0 Å². The maximum atomic E-state index is 10.5. The summed E-state index contributed by atoms with van der Waals surface area (Å²) in [5.41, 5.74) is 0.555. The van der Waals surface area contributed by atoms with E-state index in [2.05, 4.69) is 31.9 Å². The van der Waals surface area contributed by atoms with Crippen molar-refractivity contribution in [1.82, 2.24) is 0 Å². The first kappa shape index (κ1) is 13.0. The first-order chi connectivity index (χ1) is 7.43. The number of nitro groups is 2. The van der Waals surface area contributed by atoms with Crippen LogP contribution >= 0.6 is 31.9 Å². The van der Waals surface area contributed by atoms with Gasteiger partial charge in [-0.3, -0.25) is 20.2 Å². The molecule has 0 aromatic heterocycles. The molecule has 1 aromatic rings. The summed E-state index contributed by atoms with van der Waals surface area (Å²) in [5, 5.41) is 20.9. The van der Waals surface area contributed by atoms with Crippen LogP contribution in [0.25, 0.3) is 0 Å². The summed E-state index contributed by atoms with van der Waals surface area (Å²) in [7, 11) is 0. The molecule has 0 fully saturated rings. The van der Waals surface area contributed by atoms with E-state index in [0.717, 1.165) is 0 Å². The van der Waals surface area contributed by atoms with Crippen LogP contribution in [-0.2, 0) is 0 Å². The number of nitro benzene ring substituents is 1. The molecule has 0 aliphatic heterocycles. The normalized spacial score (nSPS) is 14.1. The van der Waals surface area contributed by atoms with Crippen LogP contribution in [0.4, 0.5) is 5.69 Å². The summed E-state index contributed by atoms with van der Waals surface area (Å²) in [4.78, 5) is 18.4. The molecule has 86 valence electrons. The molecule has 6 nitrogen and oxygen atoms in total. The van der Waals surface area contributed by atoms with Gasteiger partial charge in [-0.15, -0.1) is 0 Å². The van der Waals surface area contributed by atoms with E-state index in [4.69, 9.17) is 0 Å². The molecule has 1 aromatic carbocycles. The highest BCUT2D eigenvalue weighted by Gasteiger charge is 2.27. The Balaban J connectivity index is 2.89. The Morgan fingerprint density at radius 1 is 1.06 bits per heavy atom. The molecule has 16 heavy (non-hydrogen) atoms. The largest absolute Gasteiger partial charge is 0.282 e. The molecular weight excluding hydrogens is 348 g/mol. The van der Waals surface area contributed by atoms with E-state index in [1.165, 1.54) is 24.3 Å². The third kappa shape index (κ3) is 2.99. The van der Waals surface area contributed by atoms with Gasteiger partial charge in [-0.1, -0.05) is 28.1 Å². The minimum Gasteiger partial charge on any atom is -0.263 e. The SMILES string of the molecule is O=[N+]([O-])c1ccc(C(Br)C(Br)[N+](=O)[O-])cc1. The van der Waals surface area contributed by atoms with Crippen molar-refractivity contribution in [2.45, 2.75) is 9.78 Å². The summed E-state index contributed by atoms with van der Waals surface area (Å²) in [6.45, 7) is 0. The Morgan fingerprint density at radius 3 is 1.94 bits per heavy atom. The molecule has 8 heteroatoms. The van der Waals surface area contributed by atoms with Crippen LogP contribution in [0.2, 0.25) is 0 Å². The highest BCUT2D eigenvalue weighted by molar-refractivity contribution is 9.12. The van der Waals surface area contributed by atoms with Crippen LogP contribution in [0.1, 0.15) is 10.4 Å². The molecule has 0 bridgehead atoms. The highest BCUT2D eigenvalue weighted by Crippen LogP contribution is 2.32. The minimum absolute atomic E-state index is 0.0457. The molecule has 0 aliphatic rings. The molecule has 0 radical (unpaired) electrons. The average Bonchev–Trinajstić information content (AvgIpc) is 2.27. The van der Waals surface area contributed by atoms with E-state index in [1.807, 2.05) is 0 Å². The molecule has 0 N–H and O–H groups in total. The van der Waals surface area contributed by atoms with Gasteiger partial charge in [0, 0.05) is 17.1 Å². The first-order valence-corrected chi connectivity index (χ1v) is 5.92. The van der Waals surface area contributed by atoms with Crippen molar-refractivity contribution >= 4 is 37.5 Å². The maximum absolute atomic E-state index is 10.5. The molecule has 2 unspecified atom stereocenters. The summed E-state index contributed by atoms with van der Waals surface area (Å²) < 4.78 is 0. The zero-order valence-electron chi connectivity index (χ0n) is 7.75. The molecule has 0 amide bonds. The fraction of sp³-hybridized carbons (Fsp3) is 0.250. The zero-order chi connectivity index (χ0) is 12.3. The Bertz CT molecular complexity index is 409. The van der Waals surface area contributed by atoms with Crippen LogP contribution in [0.15, 0.2) is 24.3 Å². The van der Waals surface area contributed by atoms with Gasteiger partial charge in [0.1, 0.15) is 4.83 Å². The van der Waals surface area contributed by atoms with E-state index in [0.29, 0.717) is 5.56 Å². The lowest BCUT2D eigenvalue weighted by molar-refractivity contribution is -0.492. The van der Waals surface area contributed by atoms with E-state index in [9.17, 15) is 20.2 Å². The van der Waals surface area contributed by atoms with Crippen molar-refractivity contribution in [3.63, 3.8) is 0 Å². The van der Waals surface area contributed by atoms with Crippen molar-refractivity contribution in [2.75, 3.05) is 0 Å². The minimum atomic E-state index is -0.978. The lowest BCUT2D eigenvalue weighted by Crippen LogP contribution is -2.16. The third-order valence-corrected chi connectivity index (χ3v) is 4.47. The van der Waals surface area contributed by atoms with Gasteiger partial charge < -0.3 is 0 Å². The van der Waals surface area contributed by atoms with E-state index < -0.39 is 19.6 Å². The second kappa shape index (κ2) is 5.35. The van der Waals surface area contributed by atoms with Crippen molar-refractivity contribution in [3.8, 4) is 0 Å². The number of hydrogen-bond donors (Lipinski definition) is 0. The lowest BCUT2D eigenvalue weighted by atomic mass is 10.1. The number of alkyl halides is 2. The molecule has 2 atom stereocenters. The Kier molecular flexibility index (Phi) is 4.36. The maximum Gasteiger partial charge on any atom is 0.282 e. The van der Waals surface area contributed by atoms with E-state index in [-0.39, 0.29) is 5.69 Å². The molecular formula is C8H6Br2N2O4. The zero-order valence-corrected chi connectivity index (χ0v) is 10.9. The summed E-state index contributed by atoms with van der Waals surface area (Å²) in [6, 6.07) is 5.58. The monoisotopic (exact) mass is 352 g/mol. The van der Waals surface area contributed by atoms with Crippen molar-refractivity contribution < 1.29 is 9.85 Å². The lowest BCUT2D eigenvalue weighted by Gasteiger charge is -2.09. The van der Waals surface area contributed by atoms with Crippen LogP contribution in [0.3, 0.4) is 0 Å². The summed E-state index contributed by atoms with van der Waals surface area (Å²) >= 11 is 6.07. The third-order valence-electron chi connectivity index (χ3n) is 1.87. The predicted molar refractivity (Wildman–Crippen MR) is 64.5 cm³/mol. The van der Waals surface area contributed by atoms with Gasteiger partial charge in [0.2, 0.25) is 0 Å². The number of hydrogen-bond acceptors (Lipinski definition) is 4. The highest BCUT2D eigenvalue weighted by atomic mass is 79.9. The number of nitrogens with zero attached hydrogens (tertiary/aromatic N) is 2. The van der Waals surface area contributed by atoms with Crippen LogP contribution in [0.5, 0.6) is 0 Å². The molecule has 1 rings (SSSR count). The smallest absolute Gasteiger partial charge is 0.263 e. The van der Waals surface area contributed by atoms with Crippen LogP contribution in [-0.4, -0.2) is 14.8 Å². The van der Waals surface area contributed by atoms with Crippen LogP contribution < -0.4 is 0 Å². The summed E-state index contributed by atoms with van der Waals surface area (Å²) in [5.74, 6) is 0. The fourth-order valence-corrected chi connectivity index (χ4v) is 1.85. The number of non-ortho nitro benzene ring substituents is 1. The van der Waals surface area contributed by atoms with Gasteiger partial charge in [0.25, 0.3) is 10.6 Å². The number of halogens is 2. The van der Waals surface area contributed by atoms with Crippen molar-refractivity contribution in [2.24, 2.45) is 0 Å². The topological polar surface area (TPSA) is 86.3 Å². The van der Waals surface area contributed by atoms with Gasteiger partial charge in [-0.25, -0.2) is 0 Å². The Morgan fingerprint density at radius 2 is 1.56 bits per heavy atom. The van der Waals surface area contributed by atoms with E-state index >= 15 is 0 Å². The molecule has 0 saturated carbocycles. The second-order valence-corrected chi connectivity index (χ2v) is 4.83. The molecule has 0 spiro atoms. The van der Waals surface area contributed by atoms with Gasteiger partial charge >= 0.3 is 0 Å². The standard InChI is InChI=1S/C8H6Br2N2O4/c9-7(8(10)12(15)16)5-1-3-6(4-2-5)11(13)14/h1-4,7-8H. The Labute approximate surface area is 107 Å². The van der Waals surface area contributed by atoms with Gasteiger partial charge in [-0.2, -0.15) is 0 Å². The first-order valence-electron chi connectivity index (χ1n) is 4.09. The Hall–Kier alpha value is -1.02. The van der Waals surface area contributed by atoms with E-state index in [1.54, 1.807) is 0 Å².